The quantitative estimate of drug-likeness (QED) is 0.447. The Hall–Kier alpha value is -0.745. The van der Waals surface area contributed by atoms with Gasteiger partial charge in [-0.15, -0.1) is 0 Å². The Bertz CT molecular complexity index is 186. The lowest BCUT2D eigenvalue weighted by molar-refractivity contribution is -0.0380. The first-order valence-electron chi connectivity index (χ1n) is 4.23. The van der Waals surface area contributed by atoms with Crippen LogP contribution in [0.1, 0.15) is 6.92 Å². The van der Waals surface area contributed by atoms with E-state index in [9.17, 15) is 4.79 Å². The van der Waals surface area contributed by atoms with Crippen molar-refractivity contribution in [3.63, 3.8) is 0 Å². The molecule has 0 bridgehead atoms. The lowest BCUT2D eigenvalue weighted by atomic mass is 9.94. The van der Waals surface area contributed by atoms with E-state index in [1.54, 1.807) is 14.8 Å². The molecule has 1 aliphatic rings. The Kier molecular flexibility index (Phi) is 3.56. The third kappa shape index (κ3) is 2.89. The van der Waals surface area contributed by atoms with Crippen molar-refractivity contribution in [1.29, 1.82) is 0 Å². The number of aliphatic hydroxyl groups is 1. The fourth-order valence-corrected chi connectivity index (χ4v) is 1.07. The van der Waals surface area contributed by atoms with Crippen LogP contribution in [0.4, 0.5) is 4.79 Å². The lowest BCUT2D eigenvalue weighted by Gasteiger charge is -2.20. The second kappa shape index (κ2) is 4.48. The van der Waals surface area contributed by atoms with Gasteiger partial charge in [0.1, 0.15) is 14.5 Å². The van der Waals surface area contributed by atoms with Crippen LogP contribution in [0.2, 0.25) is 0 Å². The molecule has 0 aromatic heterocycles. The molecule has 0 radical (unpaired) electrons. The lowest BCUT2D eigenvalue weighted by Crippen LogP contribution is -2.35. The third-order valence-electron chi connectivity index (χ3n) is 1.84. The van der Waals surface area contributed by atoms with Gasteiger partial charge in [-0.25, -0.2) is 4.79 Å². The first-order chi connectivity index (χ1) is 6.13. The Morgan fingerprint density at radius 2 is 2.54 bits per heavy atom. The smallest absolute Gasteiger partial charge is 0.430 e. The highest BCUT2D eigenvalue weighted by Gasteiger charge is 2.31. The Labute approximate surface area is 77.4 Å². The van der Waals surface area contributed by atoms with Crippen LogP contribution in [-0.4, -0.2) is 50.5 Å². The van der Waals surface area contributed by atoms with E-state index in [0.717, 1.165) is 0 Å². The van der Waals surface area contributed by atoms with Gasteiger partial charge >= 0.3 is 6.16 Å². The van der Waals surface area contributed by atoms with Crippen LogP contribution >= 0.6 is 0 Å². The van der Waals surface area contributed by atoms with E-state index in [4.69, 9.17) is 14.6 Å². The predicted molar refractivity (Wildman–Crippen MR) is 46.2 cm³/mol. The number of ether oxygens (including phenoxy) is 3. The fraction of sp³-hybridized carbons (Fsp3) is 0.857. The molecule has 1 saturated heterocycles. The van der Waals surface area contributed by atoms with E-state index < -0.39 is 6.16 Å². The molecule has 1 rings (SSSR count). The van der Waals surface area contributed by atoms with E-state index in [1.807, 2.05) is 0 Å². The molecule has 5 nitrogen and oxygen atoms in total. The SMILES string of the molecule is B[C@H](OC(C)CO)[C@@H]1COC(=O)O1. The maximum Gasteiger partial charge on any atom is 0.508 e. The average Bonchev–Trinajstić information content (AvgIpc) is 2.51. The standard InChI is InChI=1S/C7H13BO5/c1-4(2-9)12-6(8)5-3-11-7(10)13-5/h4-6,9H,2-3,8H2,1H3/t4?,5-,6+/m0/s1. The van der Waals surface area contributed by atoms with Crippen molar-refractivity contribution in [2.45, 2.75) is 25.1 Å². The number of carbonyl (C=O) groups excluding carboxylic acids is 1. The van der Waals surface area contributed by atoms with Crippen molar-refractivity contribution in [2.75, 3.05) is 13.2 Å². The van der Waals surface area contributed by atoms with E-state index >= 15 is 0 Å². The second-order valence-electron chi connectivity index (χ2n) is 3.05. The summed E-state index contributed by atoms with van der Waals surface area (Å²) in [4.78, 5) is 10.6. The summed E-state index contributed by atoms with van der Waals surface area (Å²) in [6.07, 6.45) is -1.27. The van der Waals surface area contributed by atoms with Crippen LogP contribution in [0.5, 0.6) is 0 Å². The fourth-order valence-electron chi connectivity index (χ4n) is 1.07. The van der Waals surface area contributed by atoms with Crippen molar-refractivity contribution in [3.05, 3.63) is 0 Å². The van der Waals surface area contributed by atoms with Crippen molar-refractivity contribution in [1.82, 2.24) is 0 Å². The number of hydrogen-bond donors (Lipinski definition) is 1. The topological polar surface area (TPSA) is 65.0 Å². The number of carbonyl (C=O) groups is 1. The van der Waals surface area contributed by atoms with Gasteiger partial charge in [0.15, 0.2) is 6.10 Å². The average molecular weight is 188 g/mol. The van der Waals surface area contributed by atoms with Crippen molar-refractivity contribution in [2.24, 2.45) is 0 Å². The molecule has 74 valence electrons. The van der Waals surface area contributed by atoms with Gasteiger partial charge in [0, 0.05) is 0 Å². The molecule has 13 heavy (non-hydrogen) atoms. The molecule has 0 spiro atoms. The molecular weight excluding hydrogens is 175 g/mol. The largest absolute Gasteiger partial charge is 0.508 e. The summed E-state index contributed by atoms with van der Waals surface area (Å²) in [5, 5.41) is 8.71. The maximum absolute atomic E-state index is 10.6. The first kappa shape index (κ1) is 10.3. The Balaban J connectivity index is 2.31. The van der Waals surface area contributed by atoms with Gasteiger partial charge < -0.3 is 19.3 Å². The minimum atomic E-state index is -0.655. The molecule has 1 N–H and O–H groups in total. The van der Waals surface area contributed by atoms with Crippen molar-refractivity contribution < 1.29 is 24.1 Å². The first-order valence-corrected chi connectivity index (χ1v) is 4.23. The van der Waals surface area contributed by atoms with Crippen LogP contribution in [0.25, 0.3) is 0 Å². The molecule has 1 unspecified atom stereocenters. The zero-order chi connectivity index (χ0) is 9.84. The van der Waals surface area contributed by atoms with Gasteiger partial charge in [-0.2, -0.15) is 0 Å². The summed E-state index contributed by atoms with van der Waals surface area (Å²) >= 11 is 0. The minimum Gasteiger partial charge on any atom is -0.430 e. The summed E-state index contributed by atoms with van der Waals surface area (Å²) in [5.41, 5.74) is 0. The van der Waals surface area contributed by atoms with Crippen LogP contribution in [0.15, 0.2) is 0 Å². The maximum atomic E-state index is 10.6. The summed E-state index contributed by atoms with van der Waals surface area (Å²) in [6.45, 7) is 1.91. The number of rotatable bonds is 4. The molecule has 0 aromatic carbocycles. The van der Waals surface area contributed by atoms with E-state index in [1.165, 1.54) is 0 Å². The molecule has 0 saturated carbocycles. The number of hydrogen-bond acceptors (Lipinski definition) is 5. The summed E-state index contributed by atoms with van der Waals surface area (Å²) in [6, 6.07) is -0.256. The highest BCUT2D eigenvalue weighted by atomic mass is 16.8. The van der Waals surface area contributed by atoms with Crippen LogP contribution in [-0.2, 0) is 14.2 Å². The van der Waals surface area contributed by atoms with Crippen LogP contribution < -0.4 is 0 Å². The van der Waals surface area contributed by atoms with Gasteiger partial charge in [-0.05, 0) is 6.92 Å². The summed E-state index contributed by atoms with van der Waals surface area (Å²) in [5.74, 6) is 0. The molecule has 0 aromatic rings. The molecule has 0 amide bonds. The van der Waals surface area contributed by atoms with Crippen molar-refractivity contribution >= 4 is 14.0 Å². The summed E-state index contributed by atoms with van der Waals surface area (Å²) in [7, 11) is 1.78. The predicted octanol–water partition coefficient (Wildman–Crippen LogP) is -1.12. The third-order valence-corrected chi connectivity index (χ3v) is 1.84. The molecule has 3 atom stereocenters. The van der Waals surface area contributed by atoms with Gasteiger partial charge in [0.25, 0.3) is 0 Å². The van der Waals surface area contributed by atoms with Gasteiger partial charge in [-0.1, -0.05) is 0 Å². The van der Waals surface area contributed by atoms with Crippen LogP contribution in [0, 0.1) is 0 Å². The van der Waals surface area contributed by atoms with Crippen molar-refractivity contribution in [3.8, 4) is 0 Å². The molecule has 0 aliphatic carbocycles. The normalized spacial score (nSPS) is 26.3. The number of aliphatic hydroxyl groups excluding tert-OH is 1. The zero-order valence-corrected chi connectivity index (χ0v) is 7.73. The van der Waals surface area contributed by atoms with Gasteiger partial charge in [0.05, 0.1) is 18.7 Å². The molecule has 1 aliphatic heterocycles. The summed E-state index contributed by atoms with van der Waals surface area (Å²) < 4.78 is 14.7. The highest BCUT2D eigenvalue weighted by molar-refractivity contribution is 6.11. The van der Waals surface area contributed by atoms with E-state index in [2.05, 4.69) is 4.74 Å². The second-order valence-corrected chi connectivity index (χ2v) is 3.05. The van der Waals surface area contributed by atoms with Gasteiger partial charge in [0.2, 0.25) is 0 Å². The molecular formula is C7H13BO5. The van der Waals surface area contributed by atoms with Crippen LogP contribution in [0.3, 0.4) is 0 Å². The Morgan fingerprint density at radius 3 is 3.00 bits per heavy atom. The number of cyclic esters (lactones) is 2. The molecule has 6 heteroatoms. The molecule has 1 heterocycles. The van der Waals surface area contributed by atoms with E-state index in [-0.39, 0.29) is 31.4 Å². The van der Waals surface area contributed by atoms with E-state index in [0.29, 0.717) is 0 Å². The zero-order valence-electron chi connectivity index (χ0n) is 7.73. The molecule has 1 fully saturated rings. The monoisotopic (exact) mass is 188 g/mol. The minimum absolute atomic E-state index is 0.0497. The highest BCUT2D eigenvalue weighted by Crippen LogP contribution is 2.12. The van der Waals surface area contributed by atoms with Gasteiger partial charge in [-0.3, -0.25) is 0 Å². The Morgan fingerprint density at radius 1 is 1.85 bits per heavy atom.